The number of carbonyl (C=O) groups excluding carboxylic acids is 1. The molecule has 164 valence electrons. The zero-order valence-corrected chi connectivity index (χ0v) is 19.2. The maximum atomic E-state index is 13.0. The van der Waals surface area contributed by atoms with E-state index in [9.17, 15) is 13.2 Å². The second-order valence-electron chi connectivity index (χ2n) is 7.44. The molecule has 1 aliphatic heterocycles. The molecule has 1 fully saturated rings. The summed E-state index contributed by atoms with van der Waals surface area (Å²) in [5.41, 5.74) is 0.901. The van der Waals surface area contributed by atoms with Crippen LogP contribution >= 0.6 is 11.3 Å². The minimum absolute atomic E-state index is 0.151. The number of hydrogen-bond acceptors (Lipinski definition) is 5. The van der Waals surface area contributed by atoms with Gasteiger partial charge in [0.15, 0.2) is 4.80 Å². The summed E-state index contributed by atoms with van der Waals surface area (Å²) in [4.78, 5) is 18.2. The van der Waals surface area contributed by atoms with E-state index in [-0.39, 0.29) is 17.3 Å². The smallest absolute Gasteiger partial charge is 0.252 e. The molecule has 0 radical (unpaired) electrons. The van der Waals surface area contributed by atoms with E-state index >= 15 is 0 Å². The number of piperidine rings is 1. The Bertz CT molecular complexity index is 1260. The highest BCUT2D eigenvalue weighted by molar-refractivity contribution is 7.89. The first-order chi connectivity index (χ1) is 14.9. The summed E-state index contributed by atoms with van der Waals surface area (Å²) in [6.45, 7) is 3.04. The van der Waals surface area contributed by atoms with Gasteiger partial charge in [-0.15, -0.1) is 0 Å². The fourth-order valence-corrected chi connectivity index (χ4v) is 6.42. The number of para-hydroxylation sites is 1. The number of sulfonamides is 1. The van der Waals surface area contributed by atoms with Gasteiger partial charge in [-0.25, -0.2) is 8.42 Å². The number of aryl methyl sites for hydroxylation is 1. The lowest BCUT2D eigenvalue weighted by Crippen LogP contribution is -2.42. The average Bonchev–Trinajstić information content (AvgIpc) is 3.10. The van der Waals surface area contributed by atoms with Crippen molar-refractivity contribution in [1.29, 1.82) is 0 Å². The van der Waals surface area contributed by atoms with Gasteiger partial charge in [0, 0.05) is 20.1 Å². The van der Waals surface area contributed by atoms with E-state index < -0.39 is 15.9 Å². The Balaban J connectivity index is 1.61. The zero-order chi connectivity index (χ0) is 22.0. The van der Waals surface area contributed by atoms with Crippen molar-refractivity contribution in [2.45, 2.75) is 24.7 Å². The minimum atomic E-state index is -3.62. The molecule has 0 bridgehead atoms. The summed E-state index contributed by atoms with van der Waals surface area (Å²) < 4.78 is 35.9. The third-order valence-electron chi connectivity index (χ3n) is 5.41. The molecular formula is C22H25N3O4S2. The number of amides is 1. The standard InChI is InChI=1S/C22H25N3O4S2/c1-3-29-18-12-7-13-19-20(18)24(2)22(30-19)23-21(26)16-9-8-14-25(15-16)31(27,28)17-10-5-4-6-11-17/h4-7,10-13,16H,3,8-9,14-15H2,1-2H3. The Labute approximate surface area is 185 Å². The van der Waals surface area contributed by atoms with Crippen molar-refractivity contribution in [2.75, 3.05) is 19.7 Å². The van der Waals surface area contributed by atoms with Crippen molar-refractivity contribution in [1.82, 2.24) is 8.87 Å². The van der Waals surface area contributed by atoms with Gasteiger partial charge < -0.3 is 9.30 Å². The molecule has 0 N–H and O–H groups in total. The Morgan fingerprint density at radius 1 is 1.19 bits per heavy atom. The van der Waals surface area contributed by atoms with E-state index in [1.165, 1.54) is 15.6 Å². The number of nitrogens with zero attached hydrogens (tertiary/aromatic N) is 3. The Morgan fingerprint density at radius 3 is 2.71 bits per heavy atom. The summed E-state index contributed by atoms with van der Waals surface area (Å²) in [5.74, 6) is 0.0161. The zero-order valence-electron chi connectivity index (χ0n) is 17.5. The molecule has 1 atom stereocenters. The van der Waals surface area contributed by atoms with Gasteiger partial charge in [-0.1, -0.05) is 35.6 Å². The van der Waals surface area contributed by atoms with Gasteiger partial charge in [-0.2, -0.15) is 9.30 Å². The quantitative estimate of drug-likeness (QED) is 0.587. The SMILES string of the molecule is CCOc1cccc2sc(=NC(=O)C3CCCN(S(=O)(=O)c4ccccc4)C3)n(C)c12. The van der Waals surface area contributed by atoms with Gasteiger partial charge in [0.1, 0.15) is 11.3 Å². The molecule has 1 saturated heterocycles. The lowest BCUT2D eigenvalue weighted by molar-refractivity contribution is -0.122. The van der Waals surface area contributed by atoms with Crippen LogP contribution in [0.4, 0.5) is 0 Å². The predicted molar refractivity (Wildman–Crippen MR) is 120 cm³/mol. The largest absolute Gasteiger partial charge is 0.492 e. The average molecular weight is 460 g/mol. The first kappa shape index (κ1) is 21.7. The monoisotopic (exact) mass is 459 g/mol. The third kappa shape index (κ3) is 4.30. The highest BCUT2D eigenvalue weighted by atomic mass is 32.2. The van der Waals surface area contributed by atoms with Gasteiger partial charge in [0.25, 0.3) is 5.91 Å². The molecule has 4 rings (SSSR count). The van der Waals surface area contributed by atoms with Crippen molar-refractivity contribution in [3.8, 4) is 5.75 Å². The molecule has 7 nitrogen and oxygen atoms in total. The number of ether oxygens (including phenoxy) is 1. The molecule has 31 heavy (non-hydrogen) atoms. The second-order valence-corrected chi connectivity index (χ2v) is 10.4. The Morgan fingerprint density at radius 2 is 1.97 bits per heavy atom. The molecule has 0 spiro atoms. The molecule has 3 aromatic rings. The number of thiazole rings is 1. The van der Waals surface area contributed by atoms with Crippen LogP contribution in [0.3, 0.4) is 0 Å². The summed E-state index contributed by atoms with van der Waals surface area (Å²) in [7, 11) is -1.76. The van der Waals surface area contributed by atoms with Crippen LogP contribution in [0.1, 0.15) is 19.8 Å². The molecule has 2 aromatic carbocycles. The van der Waals surface area contributed by atoms with Crippen molar-refractivity contribution in [3.05, 3.63) is 53.3 Å². The molecule has 1 unspecified atom stereocenters. The highest BCUT2D eigenvalue weighted by Gasteiger charge is 2.33. The van der Waals surface area contributed by atoms with E-state index in [1.54, 1.807) is 30.3 Å². The third-order valence-corrected chi connectivity index (χ3v) is 8.38. The van der Waals surface area contributed by atoms with Crippen LogP contribution in [0.2, 0.25) is 0 Å². The normalized spacial score (nSPS) is 18.4. The van der Waals surface area contributed by atoms with Crippen molar-refractivity contribution < 1.29 is 17.9 Å². The van der Waals surface area contributed by atoms with Crippen LogP contribution < -0.4 is 9.54 Å². The van der Waals surface area contributed by atoms with Crippen LogP contribution in [-0.2, 0) is 21.9 Å². The highest BCUT2D eigenvalue weighted by Crippen LogP contribution is 2.27. The summed E-state index contributed by atoms with van der Waals surface area (Å²) in [6.07, 6.45) is 1.26. The van der Waals surface area contributed by atoms with E-state index in [0.717, 1.165) is 16.0 Å². The fourth-order valence-electron chi connectivity index (χ4n) is 3.84. The summed E-state index contributed by atoms with van der Waals surface area (Å²) >= 11 is 1.42. The van der Waals surface area contributed by atoms with Gasteiger partial charge in [0.05, 0.1) is 22.1 Å². The Hall–Kier alpha value is -2.49. The van der Waals surface area contributed by atoms with E-state index in [4.69, 9.17) is 4.74 Å². The number of carbonyl (C=O) groups is 1. The maximum absolute atomic E-state index is 13.0. The number of fused-ring (bicyclic) bond motifs is 1. The van der Waals surface area contributed by atoms with Crippen LogP contribution in [0, 0.1) is 5.92 Å². The van der Waals surface area contributed by atoms with Crippen molar-refractivity contribution in [2.24, 2.45) is 18.0 Å². The van der Waals surface area contributed by atoms with Crippen LogP contribution in [0.25, 0.3) is 10.2 Å². The molecule has 1 amide bonds. The van der Waals surface area contributed by atoms with Gasteiger partial charge >= 0.3 is 0 Å². The number of benzene rings is 2. The predicted octanol–water partition coefficient (Wildman–Crippen LogP) is 3.17. The molecule has 2 heterocycles. The lowest BCUT2D eigenvalue weighted by atomic mass is 9.99. The first-order valence-electron chi connectivity index (χ1n) is 10.3. The van der Waals surface area contributed by atoms with E-state index in [2.05, 4.69) is 4.99 Å². The molecule has 1 aliphatic rings. The first-order valence-corrected chi connectivity index (χ1v) is 12.5. The minimum Gasteiger partial charge on any atom is -0.492 e. The summed E-state index contributed by atoms with van der Waals surface area (Å²) in [6, 6.07) is 14.1. The van der Waals surface area contributed by atoms with Gasteiger partial charge in [-0.3, -0.25) is 4.79 Å². The number of aromatic nitrogens is 1. The molecular weight excluding hydrogens is 434 g/mol. The fraction of sp³-hybridized carbons (Fsp3) is 0.364. The van der Waals surface area contributed by atoms with Crippen LogP contribution in [0.15, 0.2) is 58.4 Å². The lowest BCUT2D eigenvalue weighted by Gasteiger charge is -2.30. The van der Waals surface area contributed by atoms with Crippen molar-refractivity contribution in [3.63, 3.8) is 0 Å². The van der Waals surface area contributed by atoms with Crippen LogP contribution in [0.5, 0.6) is 5.75 Å². The van der Waals surface area contributed by atoms with Crippen LogP contribution in [-0.4, -0.2) is 42.9 Å². The van der Waals surface area contributed by atoms with Crippen molar-refractivity contribution >= 4 is 37.5 Å². The van der Waals surface area contributed by atoms with Gasteiger partial charge in [0.2, 0.25) is 10.0 Å². The maximum Gasteiger partial charge on any atom is 0.252 e. The van der Waals surface area contributed by atoms with Gasteiger partial charge in [-0.05, 0) is 44.0 Å². The molecule has 0 saturated carbocycles. The van der Waals surface area contributed by atoms with E-state index in [1.807, 2.05) is 36.7 Å². The number of hydrogen-bond donors (Lipinski definition) is 0. The molecule has 1 aromatic heterocycles. The topological polar surface area (TPSA) is 81.0 Å². The Kier molecular flexibility index (Phi) is 6.27. The van der Waals surface area contributed by atoms with E-state index in [0.29, 0.717) is 30.8 Å². The molecule has 9 heteroatoms. The second kappa shape index (κ2) is 8.94. The summed E-state index contributed by atoms with van der Waals surface area (Å²) in [5, 5.41) is 0. The molecule has 0 aliphatic carbocycles. The number of rotatable bonds is 5.